The van der Waals surface area contributed by atoms with Gasteiger partial charge in [0.1, 0.15) is 6.61 Å². The monoisotopic (exact) mass is 333 g/mol. The van der Waals surface area contributed by atoms with Crippen molar-refractivity contribution in [2.24, 2.45) is 0 Å². The molecule has 0 unspecified atom stereocenters. The van der Waals surface area contributed by atoms with Crippen LogP contribution < -0.4 is 5.32 Å². The van der Waals surface area contributed by atoms with Gasteiger partial charge < -0.3 is 20.1 Å². The molecule has 2 N–H and O–H groups in total. The molecule has 24 heavy (non-hydrogen) atoms. The van der Waals surface area contributed by atoms with Gasteiger partial charge in [0.25, 0.3) is 5.91 Å². The molecule has 7 heteroatoms. The van der Waals surface area contributed by atoms with Crippen molar-refractivity contribution in [3.63, 3.8) is 0 Å². The largest absolute Gasteiger partial charge is 0.389 e. The molecule has 1 aliphatic carbocycles. The standard InChI is InChI=1S/C17H23N3O4/c1-17(2,23)10-19-16(22)15-14(11-4-3-7-18-8-11)20(12-5-6-12)13(21)9-24-15/h3-4,7-8,12,14-15,23H,5-6,9-10H2,1-2H3,(H,19,22)/t14-,15+/m1/s1. The molecule has 130 valence electrons. The zero-order chi connectivity index (χ0) is 17.3. The lowest BCUT2D eigenvalue weighted by Gasteiger charge is -2.40. The molecule has 2 atom stereocenters. The summed E-state index contributed by atoms with van der Waals surface area (Å²) >= 11 is 0. The van der Waals surface area contributed by atoms with E-state index in [9.17, 15) is 14.7 Å². The number of nitrogens with one attached hydrogen (secondary N) is 1. The molecule has 2 amide bonds. The van der Waals surface area contributed by atoms with E-state index >= 15 is 0 Å². The van der Waals surface area contributed by atoms with Gasteiger partial charge >= 0.3 is 0 Å². The summed E-state index contributed by atoms with van der Waals surface area (Å²) in [6, 6.07) is 3.31. The highest BCUT2D eigenvalue weighted by Gasteiger charge is 2.47. The molecule has 0 bridgehead atoms. The maximum absolute atomic E-state index is 12.6. The Morgan fingerprint density at radius 3 is 2.83 bits per heavy atom. The van der Waals surface area contributed by atoms with Crippen LogP contribution >= 0.6 is 0 Å². The predicted octanol–water partition coefficient (Wildman–Crippen LogP) is 0.400. The number of nitrogens with zero attached hydrogens (tertiary/aromatic N) is 2. The Bertz CT molecular complexity index is 610. The van der Waals surface area contributed by atoms with Gasteiger partial charge in [0.05, 0.1) is 11.6 Å². The summed E-state index contributed by atoms with van der Waals surface area (Å²) in [7, 11) is 0. The van der Waals surface area contributed by atoms with Gasteiger partial charge in [-0.15, -0.1) is 0 Å². The molecule has 3 rings (SSSR count). The van der Waals surface area contributed by atoms with Crippen molar-refractivity contribution in [2.45, 2.75) is 50.5 Å². The van der Waals surface area contributed by atoms with Crippen LogP contribution in [0.4, 0.5) is 0 Å². The maximum Gasteiger partial charge on any atom is 0.251 e. The van der Waals surface area contributed by atoms with Crippen molar-refractivity contribution in [2.75, 3.05) is 13.2 Å². The third-order valence-corrected chi connectivity index (χ3v) is 4.18. The van der Waals surface area contributed by atoms with Crippen LogP contribution in [0.25, 0.3) is 0 Å². The van der Waals surface area contributed by atoms with Gasteiger partial charge in [-0.1, -0.05) is 6.07 Å². The summed E-state index contributed by atoms with van der Waals surface area (Å²) in [5.74, 6) is -0.429. The normalized spacial score (nSPS) is 24.8. The lowest BCUT2D eigenvalue weighted by atomic mass is 9.98. The molecule has 7 nitrogen and oxygen atoms in total. The molecule has 1 saturated heterocycles. The number of pyridine rings is 1. The Labute approximate surface area is 141 Å². The van der Waals surface area contributed by atoms with E-state index in [4.69, 9.17) is 4.74 Å². The van der Waals surface area contributed by atoms with Gasteiger partial charge in [-0.3, -0.25) is 14.6 Å². The first kappa shape index (κ1) is 16.9. The first-order valence-electron chi connectivity index (χ1n) is 8.19. The van der Waals surface area contributed by atoms with Gasteiger partial charge in [-0.25, -0.2) is 0 Å². The second-order valence-corrected chi connectivity index (χ2v) is 7.03. The topological polar surface area (TPSA) is 91.8 Å². The van der Waals surface area contributed by atoms with Gasteiger partial charge in [0, 0.05) is 25.0 Å². The molecule has 2 heterocycles. The molecule has 0 radical (unpaired) electrons. The average molecular weight is 333 g/mol. The first-order valence-corrected chi connectivity index (χ1v) is 8.19. The summed E-state index contributed by atoms with van der Waals surface area (Å²) in [6.07, 6.45) is 4.40. The lowest BCUT2D eigenvalue weighted by Crippen LogP contribution is -2.56. The van der Waals surface area contributed by atoms with Crippen LogP contribution in [0, 0.1) is 0 Å². The molecule has 1 saturated carbocycles. The fraction of sp³-hybridized carbons (Fsp3) is 0.588. The van der Waals surface area contributed by atoms with Crippen molar-refractivity contribution in [3.8, 4) is 0 Å². The summed E-state index contributed by atoms with van der Waals surface area (Å²) in [6.45, 7) is 3.25. The number of hydrogen-bond acceptors (Lipinski definition) is 5. The Kier molecular flexibility index (Phi) is 4.56. The number of amides is 2. The van der Waals surface area contributed by atoms with Crippen LogP contribution in [0.2, 0.25) is 0 Å². The number of aliphatic hydroxyl groups is 1. The Hall–Kier alpha value is -1.99. The van der Waals surface area contributed by atoms with E-state index in [1.165, 1.54) is 0 Å². The van der Waals surface area contributed by atoms with Crippen LogP contribution in [0.15, 0.2) is 24.5 Å². The second kappa shape index (κ2) is 6.49. The van der Waals surface area contributed by atoms with E-state index < -0.39 is 17.7 Å². The quantitative estimate of drug-likeness (QED) is 0.814. The summed E-state index contributed by atoms with van der Waals surface area (Å²) in [5, 5.41) is 12.5. The molecular formula is C17H23N3O4. The zero-order valence-corrected chi connectivity index (χ0v) is 13.9. The average Bonchev–Trinajstić information content (AvgIpc) is 3.37. The van der Waals surface area contributed by atoms with E-state index in [2.05, 4.69) is 10.3 Å². The summed E-state index contributed by atoms with van der Waals surface area (Å²) in [5.41, 5.74) is -0.235. The van der Waals surface area contributed by atoms with E-state index in [1.807, 2.05) is 6.07 Å². The summed E-state index contributed by atoms with van der Waals surface area (Å²) in [4.78, 5) is 30.9. The van der Waals surface area contributed by atoms with Crippen LogP contribution in [0.3, 0.4) is 0 Å². The third kappa shape index (κ3) is 3.73. The van der Waals surface area contributed by atoms with Crippen LogP contribution in [0.1, 0.15) is 38.3 Å². The molecular weight excluding hydrogens is 310 g/mol. The number of morpholine rings is 1. The fourth-order valence-corrected chi connectivity index (χ4v) is 2.92. The van der Waals surface area contributed by atoms with Gasteiger partial charge in [-0.2, -0.15) is 0 Å². The molecule has 1 aliphatic heterocycles. The van der Waals surface area contributed by atoms with Gasteiger partial charge in [0.15, 0.2) is 6.10 Å². The van der Waals surface area contributed by atoms with Crippen LogP contribution in [-0.2, 0) is 14.3 Å². The number of rotatable bonds is 5. The molecule has 2 aliphatic rings. The van der Waals surface area contributed by atoms with Gasteiger partial charge in [0.2, 0.25) is 5.91 Å². The Morgan fingerprint density at radius 1 is 1.50 bits per heavy atom. The number of carbonyl (C=O) groups excluding carboxylic acids is 2. The Morgan fingerprint density at radius 2 is 2.25 bits per heavy atom. The highest BCUT2D eigenvalue weighted by molar-refractivity contribution is 5.86. The highest BCUT2D eigenvalue weighted by Crippen LogP contribution is 2.39. The number of ether oxygens (including phenoxy) is 1. The fourth-order valence-electron chi connectivity index (χ4n) is 2.92. The molecule has 1 aromatic rings. The predicted molar refractivity (Wildman–Crippen MR) is 85.9 cm³/mol. The van der Waals surface area contributed by atoms with Crippen molar-refractivity contribution in [1.29, 1.82) is 0 Å². The summed E-state index contributed by atoms with van der Waals surface area (Å²) < 4.78 is 5.58. The van der Waals surface area contributed by atoms with Crippen molar-refractivity contribution < 1.29 is 19.4 Å². The number of aromatic nitrogens is 1. The van der Waals surface area contributed by atoms with Crippen molar-refractivity contribution in [3.05, 3.63) is 30.1 Å². The number of carbonyl (C=O) groups is 2. The zero-order valence-electron chi connectivity index (χ0n) is 13.9. The Balaban J connectivity index is 1.85. The minimum atomic E-state index is -1.01. The van der Waals surface area contributed by atoms with Crippen LogP contribution in [0.5, 0.6) is 0 Å². The van der Waals surface area contributed by atoms with E-state index in [1.54, 1.807) is 37.2 Å². The maximum atomic E-state index is 12.6. The van der Waals surface area contributed by atoms with Crippen molar-refractivity contribution >= 4 is 11.8 Å². The number of hydrogen-bond donors (Lipinski definition) is 2. The van der Waals surface area contributed by atoms with E-state index in [-0.39, 0.29) is 31.0 Å². The van der Waals surface area contributed by atoms with Crippen molar-refractivity contribution in [1.82, 2.24) is 15.2 Å². The highest BCUT2D eigenvalue weighted by atomic mass is 16.5. The molecule has 2 fully saturated rings. The first-order chi connectivity index (χ1) is 11.4. The lowest BCUT2D eigenvalue weighted by molar-refractivity contribution is -0.165. The van der Waals surface area contributed by atoms with Crippen LogP contribution in [-0.4, -0.2) is 57.7 Å². The SMILES string of the molecule is CC(C)(O)CNC(=O)[C@H]1OCC(=O)N(C2CC2)[C@@H]1c1cccnc1. The second-order valence-electron chi connectivity index (χ2n) is 7.03. The van der Waals surface area contributed by atoms with E-state index in [0.29, 0.717) is 0 Å². The van der Waals surface area contributed by atoms with Gasteiger partial charge in [-0.05, 0) is 38.3 Å². The minimum Gasteiger partial charge on any atom is -0.389 e. The van der Waals surface area contributed by atoms with E-state index in [0.717, 1.165) is 18.4 Å². The molecule has 0 spiro atoms. The minimum absolute atomic E-state index is 0.0992. The molecule has 1 aromatic heterocycles. The third-order valence-electron chi connectivity index (χ3n) is 4.18. The molecule has 0 aromatic carbocycles. The smallest absolute Gasteiger partial charge is 0.251 e.